The van der Waals surface area contributed by atoms with E-state index in [-0.39, 0.29) is 0 Å². The molecule has 2 aromatic rings. The maximum absolute atomic E-state index is 2.40. The van der Waals surface area contributed by atoms with Crippen LogP contribution in [-0.2, 0) is 0 Å². The van der Waals surface area contributed by atoms with Gasteiger partial charge in [-0.05, 0) is 29.1 Å². The predicted molar refractivity (Wildman–Crippen MR) is 106 cm³/mol. The van der Waals surface area contributed by atoms with Crippen LogP contribution >= 0.6 is 30.8 Å². The van der Waals surface area contributed by atoms with E-state index < -0.39 is 0 Å². The third-order valence-electron chi connectivity index (χ3n) is 3.82. The molecule has 0 aliphatic carbocycles. The summed E-state index contributed by atoms with van der Waals surface area (Å²) in [5.74, 6) is 0.487. The van der Waals surface area contributed by atoms with Crippen LogP contribution in [0.4, 0.5) is 0 Å². The molecule has 0 bridgehead atoms. The lowest BCUT2D eigenvalue weighted by atomic mass is 9.78. The Bertz CT molecular complexity index is 488. The molecule has 0 N–H and O–H groups in total. The van der Waals surface area contributed by atoms with Crippen LogP contribution in [0.15, 0.2) is 60.7 Å². The molecule has 109 valence electrons. The second-order valence-corrected chi connectivity index (χ2v) is 9.08. The number of hydrogen-bond donors (Lipinski definition) is 0. The van der Waals surface area contributed by atoms with Crippen LogP contribution in [0.3, 0.4) is 0 Å². The first-order valence-corrected chi connectivity index (χ1v) is 9.90. The topological polar surface area (TPSA) is 0 Å². The Balaban J connectivity index is 2.25. The number of hydrogen-bond acceptors (Lipinski definition) is 0. The van der Waals surface area contributed by atoms with Crippen LogP contribution in [0.1, 0.15) is 37.3 Å². The van der Waals surface area contributed by atoms with Crippen LogP contribution in [-0.4, -0.2) is 11.0 Å². The van der Waals surface area contributed by atoms with E-state index >= 15 is 0 Å². The van der Waals surface area contributed by atoms with Crippen molar-refractivity contribution >= 4 is 35.7 Å². The molecular weight excluding hydrogens is 385 g/mol. The van der Waals surface area contributed by atoms with E-state index in [0.717, 1.165) is 8.46 Å². The molecule has 0 aliphatic heterocycles. The highest BCUT2D eigenvalue weighted by molar-refractivity contribution is 14.1. The van der Waals surface area contributed by atoms with Gasteiger partial charge in [0.25, 0.3) is 0 Å². The zero-order valence-corrected chi connectivity index (χ0v) is 15.9. The quantitative estimate of drug-likeness (QED) is 0.306. The SMILES string of the molecule is CC(C)(CP[B]I)CC(c1ccccc1)c1ccccc1. The summed E-state index contributed by atoms with van der Waals surface area (Å²) >= 11 is 2.37. The first kappa shape index (κ1) is 17.0. The van der Waals surface area contributed by atoms with Gasteiger partial charge in [-0.2, -0.15) is 22.4 Å². The van der Waals surface area contributed by atoms with Crippen molar-refractivity contribution < 1.29 is 0 Å². The maximum Gasteiger partial charge on any atom is 0.230 e. The van der Waals surface area contributed by atoms with Crippen molar-refractivity contribution in [2.75, 3.05) is 6.16 Å². The number of rotatable bonds is 7. The van der Waals surface area contributed by atoms with Gasteiger partial charge in [-0.3, -0.25) is 0 Å². The standard InChI is InChI=1S/C18H22BIP/c1-18(2,14-21-19-20)13-17(15-9-5-3-6-10-15)16-11-7-4-8-12-16/h3-12,17,21H,13-14H2,1-2H3. The van der Waals surface area contributed by atoms with E-state index in [2.05, 4.69) is 102 Å². The smallest absolute Gasteiger partial charge is 0.152 e. The fraction of sp³-hybridized carbons (Fsp3) is 0.333. The monoisotopic (exact) mass is 407 g/mol. The fourth-order valence-electron chi connectivity index (χ4n) is 2.74. The lowest BCUT2D eigenvalue weighted by Gasteiger charge is -2.30. The van der Waals surface area contributed by atoms with Crippen molar-refractivity contribution in [3.63, 3.8) is 0 Å². The van der Waals surface area contributed by atoms with Crippen LogP contribution in [0.2, 0.25) is 0 Å². The Morgan fingerprint density at radius 2 is 1.43 bits per heavy atom. The fourth-order valence-corrected chi connectivity index (χ4v) is 4.17. The van der Waals surface area contributed by atoms with E-state index in [1.54, 1.807) is 0 Å². The molecule has 0 nitrogen and oxygen atoms in total. The summed E-state index contributed by atoms with van der Waals surface area (Å²) in [6.07, 6.45) is 2.46. The van der Waals surface area contributed by atoms with Crippen molar-refractivity contribution in [1.29, 1.82) is 0 Å². The van der Waals surface area contributed by atoms with E-state index in [1.807, 2.05) is 0 Å². The summed E-state index contributed by atoms with van der Waals surface area (Å²) in [4.78, 5) is 2.28. The van der Waals surface area contributed by atoms with Gasteiger partial charge in [-0.1, -0.05) is 74.5 Å². The second kappa shape index (κ2) is 8.34. The van der Waals surface area contributed by atoms with E-state index in [1.165, 1.54) is 23.7 Å². The summed E-state index contributed by atoms with van der Waals surface area (Å²) in [7, 11) is 0.943. The van der Waals surface area contributed by atoms with Crippen molar-refractivity contribution in [1.82, 2.24) is 0 Å². The molecule has 2 rings (SSSR count). The van der Waals surface area contributed by atoms with Gasteiger partial charge < -0.3 is 0 Å². The minimum Gasteiger partial charge on any atom is -0.152 e. The zero-order chi connectivity index (χ0) is 15.1. The maximum atomic E-state index is 2.40. The molecule has 0 aliphatic rings. The molecule has 0 spiro atoms. The number of benzene rings is 2. The molecule has 3 heteroatoms. The lowest BCUT2D eigenvalue weighted by molar-refractivity contribution is 0.365. The number of halogens is 1. The van der Waals surface area contributed by atoms with Crippen LogP contribution in [0.5, 0.6) is 0 Å². The molecule has 0 amide bonds. The lowest BCUT2D eigenvalue weighted by Crippen LogP contribution is -2.19. The molecular formula is C18H22BIP. The molecule has 2 aromatic carbocycles. The van der Waals surface area contributed by atoms with Crippen LogP contribution in [0.25, 0.3) is 0 Å². The Labute approximate surface area is 145 Å². The van der Waals surface area contributed by atoms with Gasteiger partial charge in [-0.25, -0.2) is 0 Å². The normalized spacial score (nSPS) is 12.2. The van der Waals surface area contributed by atoms with E-state index in [9.17, 15) is 0 Å². The summed E-state index contributed by atoms with van der Waals surface area (Å²) in [5.41, 5.74) is 3.22. The molecule has 1 unspecified atom stereocenters. The van der Waals surface area contributed by atoms with Gasteiger partial charge in [0.1, 0.15) is 0 Å². The molecule has 0 aromatic heterocycles. The van der Waals surface area contributed by atoms with Gasteiger partial charge in [0.15, 0.2) is 0 Å². The zero-order valence-electron chi connectivity index (χ0n) is 12.7. The average molecular weight is 407 g/mol. The Morgan fingerprint density at radius 3 is 1.86 bits per heavy atom. The Hall–Kier alpha value is -0.335. The van der Waals surface area contributed by atoms with Gasteiger partial charge >= 0.3 is 0 Å². The average Bonchev–Trinajstić information content (AvgIpc) is 2.52. The summed E-state index contributed by atoms with van der Waals surface area (Å²) in [5, 5.41) is 0. The van der Waals surface area contributed by atoms with Crippen molar-refractivity contribution in [3.05, 3.63) is 71.8 Å². The molecule has 21 heavy (non-hydrogen) atoms. The highest BCUT2D eigenvalue weighted by Crippen LogP contribution is 2.39. The van der Waals surface area contributed by atoms with Crippen molar-refractivity contribution in [2.45, 2.75) is 26.2 Å². The van der Waals surface area contributed by atoms with Gasteiger partial charge in [0.2, 0.25) is 4.86 Å². The Kier molecular flexibility index (Phi) is 6.76. The third kappa shape index (κ3) is 5.41. The highest BCUT2D eigenvalue weighted by atomic mass is 127. The van der Waals surface area contributed by atoms with Crippen molar-refractivity contribution in [3.8, 4) is 0 Å². The van der Waals surface area contributed by atoms with Gasteiger partial charge in [0.05, 0.1) is 0 Å². The third-order valence-corrected chi connectivity index (χ3v) is 6.46. The van der Waals surface area contributed by atoms with Gasteiger partial charge in [-0.15, -0.1) is 8.46 Å². The largest absolute Gasteiger partial charge is 0.230 e. The molecule has 0 saturated heterocycles. The minimum absolute atomic E-state index is 0.358. The molecule has 1 atom stereocenters. The summed E-state index contributed by atoms with van der Waals surface area (Å²) in [6.45, 7) is 4.80. The van der Waals surface area contributed by atoms with Gasteiger partial charge in [0, 0.05) is 5.92 Å². The predicted octanol–water partition coefficient (Wildman–Crippen LogP) is 5.88. The molecule has 1 radical (unpaired) electrons. The molecule has 0 heterocycles. The minimum atomic E-state index is 0.358. The van der Waals surface area contributed by atoms with E-state index in [4.69, 9.17) is 0 Å². The second-order valence-electron chi connectivity index (χ2n) is 6.23. The van der Waals surface area contributed by atoms with Crippen LogP contribution in [0, 0.1) is 5.41 Å². The summed E-state index contributed by atoms with van der Waals surface area (Å²) in [6, 6.07) is 21.9. The molecule has 0 saturated carbocycles. The van der Waals surface area contributed by atoms with Crippen LogP contribution < -0.4 is 0 Å². The highest BCUT2D eigenvalue weighted by Gasteiger charge is 2.25. The summed E-state index contributed by atoms with van der Waals surface area (Å²) < 4.78 is 0. The molecule has 0 fully saturated rings. The first-order valence-electron chi connectivity index (χ1n) is 7.37. The van der Waals surface area contributed by atoms with Crippen molar-refractivity contribution in [2.24, 2.45) is 5.41 Å². The van der Waals surface area contributed by atoms with E-state index in [0.29, 0.717) is 11.3 Å². The Morgan fingerprint density at radius 1 is 0.952 bits per heavy atom. The first-order chi connectivity index (χ1) is 10.1.